The second-order valence-electron chi connectivity index (χ2n) is 5.38. The fourth-order valence-corrected chi connectivity index (χ4v) is 3.97. The van der Waals surface area contributed by atoms with Crippen molar-refractivity contribution in [3.8, 4) is 0 Å². The van der Waals surface area contributed by atoms with Crippen LogP contribution < -0.4 is 10.6 Å². The number of thioether (sulfide) groups is 1. The van der Waals surface area contributed by atoms with Gasteiger partial charge in [-0.15, -0.1) is 11.8 Å². The van der Waals surface area contributed by atoms with E-state index in [1.807, 2.05) is 6.07 Å². The van der Waals surface area contributed by atoms with Gasteiger partial charge in [0.15, 0.2) is 0 Å². The number of halogens is 1. The van der Waals surface area contributed by atoms with Crippen LogP contribution in [0.4, 0.5) is 4.39 Å². The Kier molecular flexibility index (Phi) is 4.27. The van der Waals surface area contributed by atoms with Crippen molar-refractivity contribution in [3.05, 3.63) is 29.6 Å². The molecule has 20 heavy (non-hydrogen) atoms. The highest BCUT2D eigenvalue weighted by Gasteiger charge is 2.27. The van der Waals surface area contributed by atoms with Crippen LogP contribution in [0.1, 0.15) is 37.3 Å². The largest absolute Gasteiger partial charge is 0.348 e. The molecule has 2 atom stereocenters. The van der Waals surface area contributed by atoms with Crippen LogP contribution in [0, 0.1) is 5.82 Å². The molecule has 0 spiro atoms. The first-order valence-corrected chi connectivity index (χ1v) is 8.18. The van der Waals surface area contributed by atoms with E-state index in [0.717, 1.165) is 48.4 Å². The van der Waals surface area contributed by atoms with Crippen LogP contribution in [0.2, 0.25) is 0 Å². The number of fused-ring (bicyclic) bond motifs is 1. The molecule has 3 nitrogen and oxygen atoms in total. The van der Waals surface area contributed by atoms with Gasteiger partial charge in [0.1, 0.15) is 5.82 Å². The average molecular weight is 294 g/mol. The highest BCUT2D eigenvalue weighted by molar-refractivity contribution is 7.99. The van der Waals surface area contributed by atoms with Crippen LogP contribution in [-0.2, 0) is 4.79 Å². The van der Waals surface area contributed by atoms with E-state index in [1.165, 1.54) is 6.07 Å². The van der Waals surface area contributed by atoms with Crippen LogP contribution in [0.25, 0.3) is 0 Å². The quantitative estimate of drug-likeness (QED) is 0.881. The number of nitrogens with one attached hydrogen (secondary N) is 2. The molecular weight excluding hydrogens is 275 g/mol. The lowest BCUT2D eigenvalue weighted by molar-refractivity contribution is -0.124. The number of amides is 1. The summed E-state index contributed by atoms with van der Waals surface area (Å²) in [7, 11) is 0. The predicted octanol–water partition coefficient (Wildman–Crippen LogP) is 2.62. The SMILES string of the molecule is O=C(NC1CCSc2ccc(F)cc21)[C@H]1CCCCN1. The topological polar surface area (TPSA) is 41.1 Å². The molecule has 5 heteroatoms. The van der Waals surface area contributed by atoms with E-state index in [0.29, 0.717) is 0 Å². The molecule has 0 radical (unpaired) electrons. The van der Waals surface area contributed by atoms with E-state index in [4.69, 9.17) is 0 Å². The van der Waals surface area contributed by atoms with Crippen LogP contribution in [0.3, 0.4) is 0 Å². The van der Waals surface area contributed by atoms with Gasteiger partial charge in [0.05, 0.1) is 12.1 Å². The van der Waals surface area contributed by atoms with Crippen LogP contribution in [-0.4, -0.2) is 24.2 Å². The van der Waals surface area contributed by atoms with Crippen molar-refractivity contribution in [2.75, 3.05) is 12.3 Å². The van der Waals surface area contributed by atoms with E-state index >= 15 is 0 Å². The molecule has 1 saturated heterocycles. The van der Waals surface area contributed by atoms with Crippen molar-refractivity contribution in [1.82, 2.24) is 10.6 Å². The standard InChI is InChI=1S/C15H19FN2OS/c16-10-4-5-14-11(9-10)12(6-8-20-14)18-15(19)13-3-1-2-7-17-13/h4-5,9,12-13,17H,1-3,6-8H2,(H,18,19)/t12?,13-/m1/s1. The number of carbonyl (C=O) groups is 1. The minimum atomic E-state index is -0.235. The number of rotatable bonds is 2. The van der Waals surface area contributed by atoms with Crippen LogP contribution in [0.15, 0.2) is 23.1 Å². The molecule has 0 aromatic heterocycles. The summed E-state index contributed by atoms with van der Waals surface area (Å²) in [5.41, 5.74) is 0.922. The second kappa shape index (κ2) is 6.14. The Morgan fingerprint density at radius 2 is 2.25 bits per heavy atom. The van der Waals surface area contributed by atoms with Gasteiger partial charge in [-0.25, -0.2) is 4.39 Å². The van der Waals surface area contributed by atoms with Gasteiger partial charge in [-0.3, -0.25) is 4.79 Å². The zero-order valence-corrected chi connectivity index (χ0v) is 12.1. The van der Waals surface area contributed by atoms with Gasteiger partial charge in [-0.2, -0.15) is 0 Å². The lowest BCUT2D eigenvalue weighted by atomic mass is 10.0. The summed E-state index contributed by atoms with van der Waals surface area (Å²) in [5, 5.41) is 6.34. The fourth-order valence-electron chi connectivity index (χ4n) is 2.86. The normalized spacial score (nSPS) is 25.9. The summed E-state index contributed by atoms with van der Waals surface area (Å²) in [6.45, 7) is 0.907. The van der Waals surface area contributed by atoms with E-state index in [-0.39, 0.29) is 23.8 Å². The third-order valence-electron chi connectivity index (χ3n) is 3.95. The summed E-state index contributed by atoms with van der Waals surface area (Å²) < 4.78 is 13.4. The minimum Gasteiger partial charge on any atom is -0.348 e. The molecule has 1 amide bonds. The first-order chi connectivity index (χ1) is 9.74. The Labute approximate surface area is 122 Å². The van der Waals surface area contributed by atoms with E-state index in [9.17, 15) is 9.18 Å². The van der Waals surface area contributed by atoms with Gasteiger partial charge < -0.3 is 10.6 Å². The summed E-state index contributed by atoms with van der Waals surface area (Å²) in [6, 6.07) is 4.71. The molecule has 1 aromatic carbocycles. The van der Waals surface area contributed by atoms with Crippen molar-refractivity contribution in [2.45, 2.75) is 42.7 Å². The van der Waals surface area contributed by atoms with Crippen molar-refractivity contribution in [3.63, 3.8) is 0 Å². The highest BCUT2D eigenvalue weighted by Crippen LogP contribution is 2.36. The van der Waals surface area contributed by atoms with E-state index in [2.05, 4.69) is 10.6 Å². The molecular formula is C15H19FN2OS. The zero-order chi connectivity index (χ0) is 13.9. The van der Waals surface area contributed by atoms with Gasteiger partial charge >= 0.3 is 0 Å². The molecule has 3 rings (SSSR count). The first-order valence-electron chi connectivity index (χ1n) is 7.20. The summed E-state index contributed by atoms with van der Waals surface area (Å²) in [6.07, 6.45) is 3.98. The predicted molar refractivity (Wildman–Crippen MR) is 78.3 cm³/mol. The average Bonchev–Trinajstić information content (AvgIpc) is 2.49. The maximum absolute atomic E-state index is 13.4. The summed E-state index contributed by atoms with van der Waals surface area (Å²) >= 11 is 1.73. The monoisotopic (exact) mass is 294 g/mol. The Morgan fingerprint density at radius 1 is 1.35 bits per heavy atom. The van der Waals surface area contributed by atoms with Gasteiger partial charge in [0, 0.05) is 10.6 Å². The summed E-state index contributed by atoms with van der Waals surface area (Å²) in [5.74, 6) is 0.778. The summed E-state index contributed by atoms with van der Waals surface area (Å²) in [4.78, 5) is 13.4. The third-order valence-corrected chi connectivity index (χ3v) is 5.08. The Morgan fingerprint density at radius 3 is 3.05 bits per heavy atom. The number of hydrogen-bond donors (Lipinski definition) is 2. The van der Waals surface area contributed by atoms with Gasteiger partial charge in [-0.05, 0) is 49.6 Å². The van der Waals surface area contributed by atoms with Crippen LogP contribution >= 0.6 is 11.8 Å². The molecule has 108 valence electrons. The first kappa shape index (κ1) is 13.9. The Balaban J connectivity index is 1.72. The Hall–Kier alpha value is -1.07. The maximum atomic E-state index is 13.4. The van der Waals surface area contributed by atoms with Crippen molar-refractivity contribution >= 4 is 17.7 Å². The smallest absolute Gasteiger partial charge is 0.237 e. The molecule has 2 aliphatic rings. The number of piperidine rings is 1. The molecule has 2 heterocycles. The highest BCUT2D eigenvalue weighted by atomic mass is 32.2. The molecule has 2 N–H and O–H groups in total. The molecule has 1 fully saturated rings. The second-order valence-corrected chi connectivity index (χ2v) is 6.52. The van der Waals surface area contributed by atoms with Gasteiger partial charge in [-0.1, -0.05) is 6.42 Å². The van der Waals surface area contributed by atoms with Crippen LogP contribution in [0.5, 0.6) is 0 Å². The van der Waals surface area contributed by atoms with Crippen molar-refractivity contribution < 1.29 is 9.18 Å². The van der Waals surface area contributed by atoms with Crippen molar-refractivity contribution in [2.24, 2.45) is 0 Å². The van der Waals surface area contributed by atoms with E-state index in [1.54, 1.807) is 17.8 Å². The molecule has 0 saturated carbocycles. The number of carbonyl (C=O) groups excluding carboxylic acids is 1. The van der Waals surface area contributed by atoms with E-state index < -0.39 is 0 Å². The molecule has 1 unspecified atom stereocenters. The molecule has 0 aliphatic carbocycles. The molecule has 0 bridgehead atoms. The van der Waals surface area contributed by atoms with Crippen molar-refractivity contribution in [1.29, 1.82) is 0 Å². The molecule has 1 aromatic rings. The maximum Gasteiger partial charge on any atom is 0.237 e. The number of hydrogen-bond acceptors (Lipinski definition) is 3. The zero-order valence-electron chi connectivity index (χ0n) is 11.3. The third kappa shape index (κ3) is 2.99. The Bertz CT molecular complexity index is 503. The molecule has 2 aliphatic heterocycles. The van der Waals surface area contributed by atoms with Gasteiger partial charge in [0.25, 0.3) is 0 Å². The lowest BCUT2D eigenvalue weighted by Crippen LogP contribution is -2.47. The van der Waals surface area contributed by atoms with Gasteiger partial charge in [0.2, 0.25) is 5.91 Å². The fraction of sp³-hybridized carbons (Fsp3) is 0.533. The number of benzene rings is 1. The lowest BCUT2D eigenvalue weighted by Gasteiger charge is -2.29. The minimum absolute atomic E-state index is 0.0526.